The Kier molecular flexibility index (Phi) is 11.9. The number of carbonyl (C=O) groups excluding carboxylic acids is 2. The zero-order valence-corrected chi connectivity index (χ0v) is 29.8. The van der Waals surface area contributed by atoms with E-state index in [1.54, 1.807) is 39.0 Å². The van der Waals surface area contributed by atoms with Crippen LogP contribution in [0, 0.1) is 5.92 Å². The van der Waals surface area contributed by atoms with Gasteiger partial charge in [0.1, 0.15) is 23.0 Å². The zero-order chi connectivity index (χ0) is 36.1. The molecule has 0 radical (unpaired) electrons. The Balaban J connectivity index is 1.62. The third-order valence-electron chi connectivity index (χ3n) is 7.55. The molecule has 0 spiro atoms. The molecule has 16 heteroatoms. The molecule has 0 aromatic heterocycles. The lowest BCUT2D eigenvalue weighted by molar-refractivity contribution is -0.118. The summed E-state index contributed by atoms with van der Waals surface area (Å²) >= 11 is 0. The molecule has 4 rings (SSSR count). The fourth-order valence-electron chi connectivity index (χ4n) is 5.53. The molecule has 1 aliphatic carbocycles. The number of fused-ring (bicyclic) bond motifs is 4. The highest BCUT2D eigenvalue weighted by atomic mass is 32.2. The fourth-order valence-corrected chi connectivity index (χ4v) is 6.51. The molecule has 49 heavy (non-hydrogen) atoms. The van der Waals surface area contributed by atoms with Gasteiger partial charge in [0, 0.05) is 29.9 Å². The summed E-state index contributed by atoms with van der Waals surface area (Å²) in [5.41, 5.74) is 0.777. The number of amides is 2. The van der Waals surface area contributed by atoms with Crippen molar-refractivity contribution in [2.75, 3.05) is 29.9 Å². The van der Waals surface area contributed by atoms with Crippen molar-refractivity contribution in [3.8, 4) is 5.75 Å². The van der Waals surface area contributed by atoms with Gasteiger partial charge < -0.3 is 20.1 Å². The number of nitrogens with zero attached hydrogens (tertiary/aromatic N) is 2. The zero-order valence-electron chi connectivity index (χ0n) is 28.2. The Morgan fingerprint density at radius 1 is 1.02 bits per heavy atom. The third kappa shape index (κ3) is 11.4. The van der Waals surface area contributed by atoms with Gasteiger partial charge in [0.05, 0.1) is 23.2 Å². The smallest absolute Gasteiger partial charge is 0.408 e. The van der Waals surface area contributed by atoms with Gasteiger partial charge in [-0.3, -0.25) is 18.8 Å². The maximum absolute atomic E-state index is 13.6. The van der Waals surface area contributed by atoms with Gasteiger partial charge in [0.2, 0.25) is 5.91 Å². The van der Waals surface area contributed by atoms with E-state index < -0.39 is 61.4 Å². The monoisotopic (exact) mass is 720 g/mol. The number of anilines is 1. The van der Waals surface area contributed by atoms with E-state index in [0.29, 0.717) is 40.4 Å². The summed E-state index contributed by atoms with van der Waals surface area (Å²) in [5, 5.41) is 7.07. The van der Waals surface area contributed by atoms with E-state index in [0.717, 1.165) is 5.39 Å². The molecule has 2 aliphatic rings. The van der Waals surface area contributed by atoms with Crippen molar-refractivity contribution < 1.29 is 45.0 Å². The molecule has 1 unspecified atom stereocenters. The van der Waals surface area contributed by atoms with Gasteiger partial charge in [0.25, 0.3) is 20.2 Å². The van der Waals surface area contributed by atoms with Crippen LogP contribution < -0.4 is 15.4 Å². The quantitative estimate of drug-likeness (QED) is 0.194. The lowest BCUT2D eigenvalue weighted by atomic mass is 10.0. The van der Waals surface area contributed by atoms with Crippen LogP contribution in [0.1, 0.15) is 53.9 Å². The van der Waals surface area contributed by atoms with Crippen molar-refractivity contribution in [1.82, 2.24) is 10.2 Å². The summed E-state index contributed by atoms with van der Waals surface area (Å²) in [7, 11) is -8.40. The first-order chi connectivity index (χ1) is 22.8. The molecule has 2 aromatic carbocycles. The molecule has 0 saturated carbocycles. The average molecular weight is 721 g/mol. The number of aliphatic imine (C=N–C) groups is 1. The standard InChI is InChI=1S/C33H44N4O10S2/c1-21(2)18-27(36-32(39)47-33(3,4)5)31(38)35-26-20-29-30(24-11-7-6-10-23(24)26)34-25-13-12-22(19-28(25)46-29)37(14-8-16-48(40,41)42)15-9-17-49(43,44)45/h6-7,10-13,19-22,27H,8-9,14-18H2,1-5H3,(H,35,38)(H,36,39)(H,40,41,42)(H,43,44,45)/t22?,27-/m0/s1. The van der Waals surface area contributed by atoms with Crippen LogP contribution in [0.15, 0.2) is 59.3 Å². The molecule has 2 atom stereocenters. The van der Waals surface area contributed by atoms with Crippen molar-refractivity contribution >= 4 is 60.1 Å². The molecule has 268 valence electrons. The summed E-state index contributed by atoms with van der Waals surface area (Å²) in [5.74, 6) is -0.539. The topological polar surface area (TPSA) is 201 Å². The van der Waals surface area contributed by atoms with E-state index >= 15 is 0 Å². The van der Waals surface area contributed by atoms with E-state index in [2.05, 4.69) is 10.6 Å². The second-order valence-electron chi connectivity index (χ2n) is 13.4. The second-order valence-corrected chi connectivity index (χ2v) is 16.6. The fraction of sp³-hybridized carbons (Fsp3) is 0.485. The lowest BCUT2D eigenvalue weighted by Gasteiger charge is -2.31. The van der Waals surface area contributed by atoms with Crippen molar-refractivity contribution in [2.45, 2.75) is 71.6 Å². The van der Waals surface area contributed by atoms with Gasteiger partial charge in [-0.05, 0) is 58.1 Å². The van der Waals surface area contributed by atoms with Crippen molar-refractivity contribution in [3.63, 3.8) is 0 Å². The minimum atomic E-state index is -4.20. The SMILES string of the molecule is CC(C)C[C@H](NC(=O)OC(C)(C)C)C(=O)Nc1cc2c(c3ccccc13)N=C1C=CC(N(CCCS(=O)(=O)O)CCCS(=O)(=O)O)C=C1O2. The highest BCUT2D eigenvalue weighted by Crippen LogP contribution is 2.44. The molecule has 14 nitrogen and oxygen atoms in total. The normalized spacial score (nSPS) is 16.7. The minimum Gasteiger partial charge on any atom is -0.453 e. The van der Waals surface area contributed by atoms with Gasteiger partial charge in [-0.15, -0.1) is 0 Å². The third-order valence-corrected chi connectivity index (χ3v) is 9.16. The number of nitrogens with one attached hydrogen (secondary N) is 2. The Morgan fingerprint density at radius 3 is 2.20 bits per heavy atom. The van der Waals surface area contributed by atoms with Crippen LogP contribution in [-0.4, -0.2) is 90.8 Å². The molecular formula is C33H44N4O10S2. The molecule has 0 fully saturated rings. The lowest BCUT2D eigenvalue weighted by Crippen LogP contribution is -2.46. The number of benzene rings is 2. The van der Waals surface area contributed by atoms with Gasteiger partial charge in [-0.2, -0.15) is 16.8 Å². The summed E-state index contributed by atoms with van der Waals surface area (Å²) in [6, 6.07) is 7.72. The molecule has 2 amide bonds. The first-order valence-corrected chi connectivity index (χ1v) is 19.2. The van der Waals surface area contributed by atoms with Crippen LogP contribution in [0.25, 0.3) is 10.8 Å². The molecule has 0 saturated heterocycles. The molecule has 1 aliphatic heterocycles. The number of allylic oxidation sites excluding steroid dienone is 1. The van der Waals surface area contributed by atoms with E-state index in [9.17, 15) is 35.5 Å². The number of hydrogen-bond acceptors (Lipinski definition) is 10. The van der Waals surface area contributed by atoms with Gasteiger partial charge in [-0.1, -0.05) is 44.2 Å². The predicted molar refractivity (Wildman–Crippen MR) is 188 cm³/mol. The minimum absolute atomic E-state index is 0.0818. The highest BCUT2D eigenvalue weighted by molar-refractivity contribution is 7.86. The van der Waals surface area contributed by atoms with Gasteiger partial charge in [0.15, 0.2) is 11.5 Å². The Morgan fingerprint density at radius 2 is 1.63 bits per heavy atom. The predicted octanol–water partition coefficient (Wildman–Crippen LogP) is 4.86. The molecule has 1 heterocycles. The average Bonchev–Trinajstić information content (AvgIpc) is 2.96. The van der Waals surface area contributed by atoms with Gasteiger partial charge in [-0.25, -0.2) is 9.79 Å². The van der Waals surface area contributed by atoms with Crippen LogP contribution in [-0.2, 0) is 29.8 Å². The van der Waals surface area contributed by atoms with Crippen LogP contribution >= 0.6 is 0 Å². The summed E-state index contributed by atoms with van der Waals surface area (Å²) in [4.78, 5) is 32.9. The van der Waals surface area contributed by atoms with Crippen molar-refractivity contribution in [3.05, 3.63) is 54.3 Å². The van der Waals surface area contributed by atoms with Crippen LogP contribution in [0.2, 0.25) is 0 Å². The van der Waals surface area contributed by atoms with Gasteiger partial charge >= 0.3 is 6.09 Å². The molecule has 2 aromatic rings. The Bertz CT molecular complexity index is 1840. The first-order valence-electron chi connectivity index (χ1n) is 16.0. The molecule has 0 bridgehead atoms. The number of hydrogen-bond donors (Lipinski definition) is 4. The van der Waals surface area contributed by atoms with E-state index in [4.69, 9.17) is 14.5 Å². The number of carbonyl (C=O) groups is 2. The highest BCUT2D eigenvalue weighted by Gasteiger charge is 2.29. The Hall–Kier alpha value is -3.83. The van der Waals surface area contributed by atoms with Crippen LogP contribution in [0.5, 0.6) is 5.75 Å². The number of alkyl carbamates (subject to hydrolysis) is 1. The second kappa shape index (κ2) is 15.4. The molecular weight excluding hydrogens is 677 g/mol. The Labute approximate surface area is 287 Å². The summed E-state index contributed by atoms with van der Waals surface area (Å²) < 4.78 is 75.4. The largest absolute Gasteiger partial charge is 0.453 e. The van der Waals surface area contributed by atoms with E-state index in [1.807, 2.05) is 49.1 Å². The van der Waals surface area contributed by atoms with Crippen molar-refractivity contribution in [1.29, 1.82) is 0 Å². The maximum Gasteiger partial charge on any atom is 0.408 e. The number of ether oxygens (including phenoxy) is 2. The first kappa shape index (κ1) is 38.0. The van der Waals surface area contributed by atoms with Crippen LogP contribution in [0.3, 0.4) is 0 Å². The van der Waals surface area contributed by atoms with Crippen molar-refractivity contribution in [2.24, 2.45) is 10.9 Å². The summed E-state index contributed by atoms with van der Waals surface area (Å²) in [6.07, 6.45) is 5.16. The van der Waals surface area contributed by atoms with E-state index in [-0.39, 0.29) is 31.8 Å². The maximum atomic E-state index is 13.6. The van der Waals surface area contributed by atoms with E-state index in [1.165, 1.54) is 0 Å². The summed E-state index contributed by atoms with van der Waals surface area (Å²) in [6.45, 7) is 9.50. The number of rotatable bonds is 14. The molecule has 4 N–H and O–H groups in total. The van der Waals surface area contributed by atoms with Crippen LogP contribution in [0.4, 0.5) is 16.2 Å².